The maximum absolute atomic E-state index is 12.2. The zero-order valence-electron chi connectivity index (χ0n) is 21.9. The van der Waals surface area contributed by atoms with Gasteiger partial charge in [0.1, 0.15) is 36.6 Å². The monoisotopic (exact) mass is 600 g/mol. The molecule has 0 aromatic carbocycles. The molecule has 41 heavy (non-hydrogen) atoms. The van der Waals surface area contributed by atoms with Gasteiger partial charge in [-0.25, -0.2) is 9.59 Å². The number of aliphatic hydroxyl groups is 8. The largest absolute Gasteiger partial charge is 0.477 e. The molecular formula is C22H36N2O17. The fourth-order valence-corrected chi connectivity index (χ4v) is 4.62. The van der Waals surface area contributed by atoms with E-state index < -0.39 is 122 Å². The Morgan fingerprint density at radius 3 is 1.73 bits per heavy atom. The molecular weight excluding hydrogens is 564 g/mol. The first-order chi connectivity index (χ1) is 18.9. The molecule has 2 amide bonds. The van der Waals surface area contributed by atoms with Crippen LogP contribution in [0.4, 0.5) is 0 Å². The van der Waals surface area contributed by atoms with E-state index in [1.807, 2.05) is 0 Å². The van der Waals surface area contributed by atoms with E-state index >= 15 is 0 Å². The topological polar surface area (TPSA) is 322 Å². The molecule has 236 valence electrons. The third-order valence-corrected chi connectivity index (χ3v) is 6.69. The van der Waals surface area contributed by atoms with Crippen molar-refractivity contribution in [2.45, 2.75) is 99.2 Å². The van der Waals surface area contributed by atoms with E-state index in [9.17, 15) is 70.2 Å². The lowest BCUT2D eigenvalue weighted by Gasteiger charge is -2.47. The standard InChI is InChI=1S/C22H36N2O17/c1-7(26)23-13-9(28)3-21(38,19(34)35)40-17(13)16(33)12(31)6-39-22(20(36)37)4-10(29)14(24-8(2)27)18(41-22)15(32)11(30)5-25/h9-18,25,28-33,38H,3-6H2,1-2H3,(H,23,26)(H,24,27)(H,34,35)(H,36,37)/t9-,10-,11+,12+,13+,14+,15+,16+,17+,18+,21-,22+/m0/s1. The number of carboxylic acids is 2. The highest BCUT2D eigenvalue weighted by Crippen LogP contribution is 2.35. The van der Waals surface area contributed by atoms with Crippen LogP contribution in [-0.4, -0.2) is 161 Å². The second-order valence-electron chi connectivity index (χ2n) is 9.92. The van der Waals surface area contributed by atoms with Gasteiger partial charge in [0.2, 0.25) is 11.8 Å². The average molecular weight is 601 g/mol. The number of rotatable bonds is 12. The average Bonchev–Trinajstić information content (AvgIpc) is 2.88. The van der Waals surface area contributed by atoms with Crippen LogP contribution in [-0.2, 0) is 33.4 Å². The predicted molar refractivity (Wildman–Crippen MR) is 126 cm³/mol. The maximum Gasteiger partial charge on any atom is 0.364 e. The molecule has 0 aromatic heterocycles. The fraction of sp³-hybridized carbons (Fsp3) is 0.818. The summed E-state index contributed by atoms with van der Waals surface area (Å²) in [5.41, 5.74) is 0. The molecule has 0 spiro atoms. The lowest BCUT2D eigenvalue weighted by molar-refractivity contribution is -0.321. The predicted octanol–water partition coefficient (Wildman–Crippen LogP) is -6.70. The van der Waals surface area contributed by atoms with Crippen molar-refractivity contribution in [2.24, 2.45) is 0 Å². The van der Waals surface area contributed by atoms with Crippen molar-refractivity contribution in [3.8, 4) is 0 Å². The van der Waals surface area contributed by atoms with Crippen molar-refractivity contribution >= 4 is 23.8 Å². The van der Waals surface area contributed by atoms with Gasteiger partial charge in [-0.1, -0.05) is 0 Å². The van der Waals surface area contributed by atoms with Gasteiger partial charge in [0.05, 0.1) is 37.5 Å². The number of ether oxygens (including phenoxy) is 3. The SMILES string of the molecule is CC(=O)N[C@H]1[C@H]([C@H](O)[C@H](O)CO)O[C@@](OC[C@@H](O)[C@@H](O)[C@@H]2O[C@](O)(C(=O)O)C[C@H](O)[C@H]2NC(C)=O)(C(=O)O)C[C@@H]1O. The highest BCUT2D eigenvalue weighted by atomic mass is 16.7. The Labute approximate surface area is 231 Å². The van der Waals surface area contributed by atoms with Gasteiger partial charge in [0.25, 0.3) is 11.6 Å². The number of hydrogen-bond donors (Lipinski definition) is 12. The minimum absolute atomic E-state index is 0.736. The number of nitrogens with one attached hydrogen (secondary N) is 2. The highest BCUT2D eigenvalue weighted by Gasteiger charge is 2.57. The Balaban J connectivity index is 2.32. The Morgan fingerprint density at radius 2 is 1.29 bits per heavy atom. The molecule has 0 radical (unpaired) electrons. The molecule has 2 heterocycles. The van der Waals surface area contributed by atoms with Gasteiger partial charge in [-0.3, -0.25) is 9.59 Å². The first-order valence-electron chi connectivity index (χ1n) is 12.3. The van der Waals surface area contributed by atoms with Crippen molar-refractivity contribution in [3.05, 3.63) is 0 Å². The van der Waals surface area contributed by atoms with Crippen molar-refractivity contribution < 1.29 is 84.5 Å². The maximum atomic E-state index is 12.2. The Hall–Kier alpha value is -2.56. The Bertz CT molecular complexity index is 968. The van der Waals surface area contributed by atoms with Crippen LogP contribution in [0.1, 0.15) is 26.7 Å². The van der Waals surface area contributed by atoms with Crippen LogP contribution in [0.5, 0.6) is 0 Å². The summed E-state index contributed by atoms with van der Waals surface area (Å²) in [5.74, 6) is -11.3. The van der Waals surface area contributed by atoms with E-state index in [0.717, 1.165) is 13.8 Å². The number of aliphatic carboxylic acids is 2. The highest BCUT2D eigenvalue weighted by molar-refractivity contribution is 5.77. The summed E-state index contributed by atoms with van der Waals surface area (Å²) in [5, 5.41) is 106. The molecule has 12 N–H and O–H groups in total. The van der Waals surface area contributed by atoms with Gasteiger partial charge in [-0.2, -0.15) is 0 Å². The minimum Gasteiger partial charge on any atom is -0.477 e. The zero-order chi connectivity index (χ0) is 31.4. The van der Waals surface area contributed by atoms with E-state index in [0.29, 0.717) is 0 Å². The molecule has 0 aliphatic carbocycles. The van der Waals surface area contributed by atoms with Crippen LogP contribution in [0.15, 0.2) is 0 Å². The summed E-state index contributed by atoms with van der Waals surface area (Å²) < 4.78 is 15.6. The summed E-state index contributed by atoms with van der Waals surface area (Å²) in [7, 11) is 0. The van der Waals surface area contributed by atoms with Gasteiger partial charge in [-0.05, 0) is 0 Å². The van der Waals surface area contributed by atoms with E-state index in [4.69, 9.17) is 14.2 Å². The second kappa shape index (κ2) is 13.6. The lowest BCUT2D eigenvalue weighted by atomic mass is 9.88. The van der Waals surface area contributed by atoms with Gasteiger partial charge in [0, 0.05) is 26.7 Å². The van der Waals surface area contributed by atoms with E-state index in [-0.39, 0.29) is 0 Å². The van der Waals surface area contributed by atoms with Gasteiger partial charge in [-0.15, -0.1) is 0 Å². The van der Waals surface area contributed by atoms with Crippen LogP contribution in [0.2, 0.25) is 0 Å². The first kappa shape index (κ1) is 34.6. The molecule has 0 bridgehead atoms. The summed E-state index contributed by atoms with van der Waals surface area (Å²) in [6.45, 7) is -0.134. The third-order valence-electron chi connectivity index (χ3n) is 6.69. The molecule has 0 unspecified atom stereocenters. The number of carboxylic acid groups (broad SMARTS) is 2. The quantitative estimate of drug-likeness (QED) is 0.0990. The summed E-state index contributed by atoms with van der Waals surface area (Å²) in [4.78, 5) is 46.9. The number of carbonyl (C=O) groups is 4. The molecule has 12 atom stereocenters. The van der Waals surface area contributed by atoms with Crippen molar-refractivity contribution in [3.63, 3.8) is 0 Å². The normalized spacial score (nSPS) is 36.8. The van der Waals surface area contributed by atoms with E-state index in [1.165, 1.54) is 0 Å². The molecule has 2 rings (SSSR count). The van der Waals surface area contributed by atoms with Gasteiger partial charge >= 0.3 is 11.9 Å². The summed E-state index contributed by atoms with van der Waals surface area (Å²) in [6.07, 6.45) is -17.8. The molecule has 2 saturated heterocycles. The fourth-order valence-electron chi connectivity index (χ4n) is 4.62. The van der Waals surface area contributed by atoms with E-state index in [1.54, 1.807) is 0 Å². The summed E-state index contributed by atoms with van der Waals surface area (Å²) >= 11 is 0. The van der Waals surface area contributed by atoms with Crippen LogP contribution >= 0.6 is 0 Å². The second-order valence-corrected chi connectivity index (χ2v) is 9.92. The third kappa shape index (κ3) is 7.84. The van der Waals surface area contributed by atoms with Crippen molar-refractivity contribution in [1.82, 2.24) is 10.6 Å². The minimum atomic E-state index is -3.05. The molecule has 19 heteroatoms. The Kier molecular flexibility index (Phi) is 11.5. The molecule has 2 aliphatic heterocycles. The summed E-state index contributed by atoms with van der Waals surface area (Å²) in [6, 6.07) is -3.06. The van der Waals surface area contributed by atoms with Crippen LogP contribution < -0.4 is 10.6 Å². The van der Waals surface area contributed by atoms with E-state index in [2.05, 4.69) is 10.6 Å². The zero-order valence-corrected chi connectivity index (χ0v) is 21.9. The Morgan fingerprint density at radius 1 is 0.829 bits per heavy atom. The molecule has 0 saturated carbocycles. The first-order valence-corrected chi connectivity index (χ1v) is 12.3. The van der Waals surface area contributed by atoms with Crippen molar-refractivity contribution in [2.75, 3.05) is 13.2 Å². The molecule has 2 fully saturated rings. The number of amides is 2. The number of carbonyl (C=O) groups excluding carboxylic acids is 2. The van der Waals surface area contributed by atoms with Crippen molar-refractivity contribution in [1.29, 1.82) is 0 Å². The number of hydrogen-bond acceptors (Lipinski definition) is 15. The molecule has 0 aromatic rings. The lowest BCUT2D eigenvalue weighted by Crippen LogP contribution is -2.68. The van der Waals surface area contributed by atoms with Gasteiger partial charge < -0.3 is 75.9 Å². The van der Waals surface area contributed by atoms with Gasteiger partial charge in [0.15, 0.2) is 0 Å². The number of aliphatic hydroxyl groups excluding tert-OH is 7. The van der Waals surface area contributed by atoms with Crippen LogP contribution in [0, 0.1) is 0 Å². The van der Waals surface area contributed by atoms with Crippen LogP contribution in [0.25, 0.3) is 0 Å². The molecule has 2 aliphatic rings. The smallest absolute Gasteiger partial charge is 0.364 e. The molecule has 19 nitrogen and oxygen atoms in total. The van der Waals surface area contributed by atoms with Crippen LogP contribution in [0.3, 0.4) is 0 Å².